The topological polar surface area (TPSA) is 34.9 Å². The Bertz CT molecular complexity index is 1390. The van der Waals surface area contributed by atoms with E-state index in [1.54, 1.807) is 0 Å². The summed E-state index contributed by atoms with van der Waals surface area (Å²) in [5.74, 6) is -0.0515. The fraction of sp³-hybridized carbons (Fsp3) is 0. The number of rotatable bonds is 6. The molecule has 0 atom stereocenters. The Morgan fingerprint density at radius 3 is 1.82 bits per heavy atom. The zero-order valence-electron chi connectivity index (χ0n) is 18.0. The molecule has 0 aliphatic heterocycles. The number of ketones is 1. The number of hydrogen-bond donors (Lipinski definition) is 0. The Balaban J connectivity index is 1.77. The summed E-state index contributed by atoms with van der Waals surface area (Å²) in [7, 11) is 0. The molecule has 0 spiro atoms. The van der Waals surface area contributed by atoms with Crippen molar-refractivity contribution in [2.75, 3.05) is 0 Å². The van der Waals surface area contributed by atoms with Gasteiger partial charge in [0.15, 0.2) is 5.78 Å². The number of aromatic nitrogens is 2. The van der Waals surface area contributed by atoms with E-state index in [-0.39, 0.29) is 5.78 Å². The third-order valence-electron chi connectivity index (χ3n) is 5.46. The summed E-state index contributed by atoms with van der Waals surface area (Å²) >= 11 is 0. The molecular weight excluding hydrogens is 404 g/mol. The van der Waals surface area contributed by atoms with E-state index in [9.17, 15) is 4.79 Å². The van der Waals surface area contributed by atoms with Crippen molar-refractivity contribution in [3.8, 4) is 16.9 Å². The lowest BCUT2D eigenvalue weighted by Gasteiger charge is -2.10. The van der Waals surface area contributed by atoms with Gasteiger partial charge in [-0.05, 0) is 23.8 Å². The maximum absolute atomic E-state index is 13.8. The Hall–Kier alpha value is -4.50. The number of carbonyl (C=O) groups excluding carboxylic acids is 1. The molecule has 0 unspecified atom stereocenters. The third kappa shape index (κ3) is 4.30. The summed E-state index contributed by atoms with van der Waals surface area (Å²) in [4.78, 5) is 13.8. The standard InChI is InChI=1S/C30H22N2O/c33-30(25-17-9-3-10-18-25)28-27(22-21-23-13-5-1-6-14-23)31-32(26-19-11-4-12-20-26)29(28)24-15-7-2-8-16-24/h1-22H. The summed E-state index contributed by atoms with van der Waals surface area (Å²) in [5.41, 5.74) is 5.52. The highest BCUT2D eigenvalue weighted by Gasteiger charge is 2.25. The van der Waals surface area contributed by atoms with Gasteiger partial charge in [0.1, 0.15) is 0 Å². The molecule has 0 saturated carbocycles. The van der Waals surface area contributed by atoms with Crippen LogP contribution in [-0.4, -0.2) is 15.6 Å². The van der Waals surface area contributed by atoms with Gasteiger partial charge in [0.05, 0.1) is 22.6 Å². The lowest BCUT2D eigenvalue weighted by molar-refractivity contribution is 0.103. The molecule has 5 rings (SSSR count). The van der Waals surface area contributed by atoms with Gasteiger partial charge in [-0.25, -0.2) is 4.68 Å². The first kappa shape index (κ1) is 20.4. The minimum absolute atomic E-state index is 0.0515. The van der Waals surface area contributed by atoms with Gasteiger partial charge in [0.25, 0.3) is 0 Å². The van der Waals surface area contributed by atoms with Crippen molar-refractivity contribution in [1.82, 2.24) is 9.78 Å². The molecule has 0 radical (unpaired) electrons. The first-order chi connectivity index (χ1) is 16.3. The second-order valence-corrected chi connectivity index (χ2v) is 7.66. The van der Waals surface area contributed by atoms with Crippen LogP contribution in [0.2, 0.25) is 0 Å². The Kier molecular flexibility index (Phi) is 5.77. The maximum Gasteiger partial charge on any atom is 0.197 e. The second-order valence-electron chi connectivity index (χ2n) is 7.66. The smallest absolute Gasteiger partial charge is 0.197 e. The molecule has 4 aromatic carbocycles. The molecule has 0 aliphatic rings. The summed E-state index contributed by atoms with van der Waals surface area (Å²) < 4.78 is 1.87. The molecule has 158 valence electrons. The van der Waals surface area contributed by atoms with Crippen LogP contribution < -0.4 is 0 Å². The molecule has 0 amide bonds. The highest BCUT2D eigenvalue weighted by molar-refractivity contribution is 6.14. The lowest BCUT2D eigenvalue weighted by atomic mass is 9.97. The minimum Gasteiger partial charge on any atom is -0.288 e. The highest BCUT2D eigenvalue weighted by Crippen LogP contribution is 2.32. The first-order valence-electron chi connectivity index (χ1n) is 10.9. The van der Waals surface area contributed by atoms with Crippen molar-refractivity contribution in [3.63, 3.8) is 0 Å². The van der Waals surface area contributed by atoms with E-state index in [1.807, 2.05) is 138 Å². The molecule has 1 aromatic heterocycles. The second kappa shape index (κ2) is 9.33. The molecule has 0 N–H and O–H groups in total. The first-order valence-corrected chi connectivity index (χ1v) is 10.9. The van der Waals surface area contributed by atoms with Crippen molar-refractivity contribution >= 4 is 17.9 Å². The predicted molar refractivity (Wildman–Crippen MR) is 134 cm³/mol. The Morgan fingerprint density at radius 1 is 0.636 bits per heavy atom. The quantitative estimate of drug-likeness (QED) is 0.276. The molecule has 33 heavy (non-hydrogen) atoms. The van der Waals surface area contributed by atoms with Crippen LogP contribution >= 0.6 is 0 Å². The van der Waals surface area contributed by atoms with Gasteiger partial charge in [-0.2, -0.15) is 5.10 Å². The van der Waals surface area contributed by atoms with E-state index in [4.69, 9.17) is 5.10 Å². The largest absolute Gasteiger partial charge is 0.288 e. The number of para-hydroxylation sites is 1. The maximum atomic E-state index is 13.8. The number of nitrogens with zero attached hydrogens (tertiary/aromatic N) is 2. The van der Waals surface area contributed by atoms with E-state index < -0.39 is 0 Å². The molecule has 5 aromatic rings. The minimum atomic E-state index is -0.0515. The van der Waals surface area contributed by atoms with Gasteiger partial charge >= 0.3 is 0 Å². The van der Waals surface area contributed by atoms with Crippen LogP contribution in [0.1, 0.15) is 27.2 Å². The number of hydrogen-bond acceptors (Lipinski definition) is 2. The molecule has 0 aliphatic carbocycles. The van der Waals surface area contributed by atoms with E-state index in [1.165, 1.54) is 0 Å². The average Bonchev–Trinajstić information content (AvgIpc) is 3.29. The van der Waals surface area contributed by atoms with Crippen LogP contribution in [-0.2, 0) is 0 Å². The van der Waals surface area contributed by atoms with Gasteiger partial charge in [-0.1, -0.05) is 115 Å². The molecule has 0 saturated heterocycles. The molecule has 0 bridgehead atoms. The van der Waals surface area contributed by atoms with E-state index in [0.717, 1.165) is 22.5 Å². The van der Waals surface area contributed by atoms with Gasteiger partial charge < -0.3 is 0 Å². The normalized spacial score (nSPS) is 11.0. The van der Waals surface area contributed by atoms with Crippen molar-refractivity contribution in [1.29, 1.82) is 0 Å². The summed E-state index contributed by atoms with van der Waals surface area (Å²) in [6.07, 6.45) is 3.92. The van der Waals surface area contributed by atoms with Crippen LogP contribution in [0.25, 0.3) is 29.1 Å². The van der Waals surface area contributed by atoms with E-state index >= 15 is 0 Å². The van der Waals surface area contributed by atoms with Crippen LogP contribution in [0.3, 0.4) is 0 Å². The van der Waals surface area contributed by atoms with E-state index in [2.05, 4.69) is 0 Å². The Morgan fingerprint density at radius 2 is 1.18 bits per heavy atom. The summed E-state index contributed by atoms with van der Waals surface area (Å²) in [6, 6.07) is 39.3. The van der Waals surface area contributed by atoms with Crippen LogP contribution in [0.15, 0.2) is 121 Å². The lowest BCUT2D eigenvalue weighted by Crippen LogP contribution is -2.05. The van der Waals surface area contributed by atoms with Crippen LogP contribution in [0, 0.1) is 0 Å². The van der Waals surface area contributed by atoms with Gasteiger partial charge in [-0.15, -0.1) is 0 Å². The Labute approximate surface area is 193 Å². The van der Waals surface area contributed by atoms with Crippen molar-refractivity contribution in [3.05, 3.63) is 144 Å². The molecule has 3 nitrogen and oxygen atoms in total. The highest BCUT2D eigenvalue weighted by atomic mass is 16.1. The zero-order valence-corrected chi connectivity index (χ0v) is 18.0. The van der Waals surface area contributed by atoms with Crippen molar-refractivity contribution in [2.24, 2.45) is 0 Å². The van der Waals surface area contributed by atoms with Crippen LogP contribution in [0.4, 0.5) is 0 Å². The summed E-state index contributed by atoms with van der Waals surface area (Å²) in [5, 5.41) is 4.93. The van der Waals surface area contributed by atoms with Crippen molar-refractivity contribution < 1.29 is 4.79 Å². The van der Waals surface area contributed by atoms with E-state index in [0.29, 0.717) is 16.8 Å². The molecule has 0 fully saturated rings. The van der Waals surface area contributed by atoms with Crippen molar-refractivity contribution in [2.45, 2.75) is 0 Å². The third-order valence-corrected chi connectivity index (χ3v) is 5.46. The molecule has 3 heteroatoms. The molecule has 1 heterocycles. The monoisotopic (exact) mass is 426 g/mol. The van der Waals surface area contributed by atoms with Crippen LogP contribution in [0.5, 0.6) is 0 Å². The predicted octanol–water partition coefficient (Wildman–Crippen LogP) is 6.94. The number of carbonyl (C=O) groups is 1. The van der Waals surface area contributed by atoms with Gasteiger partial charge in [-0.3, -0.25) is 4.79 Å². The fourth-order valence-electron chi connectivity index (χ4n) is 3.87. The summed E-state index contributed by atoms with van der Waals surface area (Å²) in [6.45, 7) is 0. The SMILES string of the molecule is O=C(c1ccccc1)c1c(C=Cc2ccccc2)nn(-c2ccccc2)c1-c1ccccc1. The number of benzene rings is 4. The zero-order chi connectivity index (χ0) is 22.5. The van der Waals surface area contributed by atoms with Gasteiger partial charge in [0.2, 0.25) is 0 Å². The fourth-order valence-corrected chi connectivity index (χ4v) is 3.87. The average molecular weight is 427 g/mol. The molecular formula is C30H22N2O. The van der Waals surface area contributed by atoms with Gasteiger partial charge in [0, 0.05) is 11.1 Å².